The maximum absolute atomic E-state index is 13.4. The van der Waals surface area contributed by atoms with Gasteiger partial charge >= 0.3 is 11.9 Å². The summed E-state index contributed by atoms with van der Waals surface area (Å²) in [5, 5.41) is 21.5. The molecule has 9 heteroatoms. The van der Waals surface area contributed by atoms with Crippen molar-refractivity contribution < 1.29 is 24.4 Å². The molecule has 1 unspecified atom stereocenters. The summed E-state index contributed by atoms with van der Waals surface area (Å²) in [4.78, 5) is 38.3. The van der Waals surface area contributed by atoms with Gasteiger partial charge in [-0.2, -0.15) is 0 Å². The second-order valence-corrected chi connectivity index (χ2v) is 9.42. The fourth-order valence-electron chi connectivity index (χ4n) is 4.70. The van der Waals surface area contributed by atoms with Gasteiger partial charge in [0.05, 0.1) is 28.6 Å². The molecule has 0 fully saturated rings. The van der Waals surface area contributed by atoms with Crippen LogP contribution >= 0.6 is 11.6 Å². The second kappa shape index (κ2) is 14.6. The molecule has 0 aromatic heterocycles. The zero-order valence-electron chi connectivity index (χ0n) is 21.4. The maximum Gasteiger partial charge on any atom is 0.336 e. The van der Waals surface area contributed by atoms with E-state index in [1.54, 1.807) is 24.8 Å². The fraction of sp³-hybridized carbons (Fsp3) is 0.556. The predicted octanol–water partition coefficient (Wildman–Crippen LogP) is 6.55. The number of carbonyl (C=O) groups is 2. The van der Waals surface area contributed by atoms with Gasteiger partial charge in [-0.3, -0.25) is 10.1 Å². The molecule has 0 spiro atoms. The lowest BCUT2D eigenvalue weighted by molar-refractivity contribution is -0.384. The van der Waals surface area contributed by atoms with Crippen LogP contribution in [0.5, 0.6) is 0 Å². The molecule has 198 valence electrons. The molecule has 36 heavy (non-hydrogen) atoms. The number of nitro groups is 1. The highest BCUT2D eigenvalue weighted by Gasteiger charge is 2.40. The van der Waals surface area contributed by atoms with Crippen molar-refractivity contribution in [3.63, 3.8) is 0 Å². The van der Waals surface area contributed by atoms with E-state index in [-0.39, 0.29) is 29.3 Å². The lowest BCUT2D eigenvalue weighted by Gasteiger charge is -2.37. The molecular formula is C27H37ClN2O6. The van der Waals surface area contributed by atoms with Crippen molar-refractivity contribution >= 4 is 29.2 Å². The normalized spacial score (nSPS) is 15.9. The number of benzene rings is 1. The Hall–Kier alpha value is -2.87. The highest BCUT2D eigenvalue weighted by molar-refractivity contribution is 6.18. The van der Waals surface area contributed by atoms with Crippen molar-refractivity contribution in [3.8, 4) is 0 Å². The van der Waals surface area contributed by atoms with E-state index in [1.807, 2.05) is 0 Å². The number of alkyl halides is 1. The lowest BCUT2D eigenvalue weighted by Crippen LogP contribution is -2.35. The summed E-state index contributed by atoms with van der Waals surface area (Å²) in [5.41, 5.74) is 1.30. The number of esters is 1. The van der Waals surface area contributed by atoms with Gasteiger partial charge in [-0.1, -0.05) is 64.0 Å². The summed E-state index contributed by atoms with van der Waals surface area (Å²) in [6, 6.07) is 5.74. The molecule has 2 rings (SSSR count). The van der Waals surface area contributed by atoms with Gasteiger partial charge in [-0.05, 0) is 25.8 Å². The molecule has 0 amide bonds. The van der Waals surface area contributed by atoms with Crippen LogP contribution in [0.4, 0.5) is 5.69 Å². The lowest BCUT2D eigenvalue weighted by atomic mass is 9.79. The Morgan fingerprint density at radius 3 is 2.25 bits per heavy atom. The third kappa shape index (κ3) is 7.56. The first-order valence-corrected chi connectivity index (χ1v) is 13.2. The molecule has 1 aliphatic heterocycles. The van der Waals surface area contributed by atoms with Crippen molar-refractivity contribution in [1.82, 2.24) is 4.90 Å². The van der Waals surface area contributed by atoms with Gasteiger partial charge in [0, 0.05) is 36.0 Å². The Labute approximate surface area is 218 Å². The maximum atomic E-state index is 13.4. The van der Waals surface area contributed by atoms with Gasteiger partial charge in [0.2, 0.25) is 0 Å². The predicted molar refractivity (Wildman–Crippen MR) is 140 cm³/mol. The van der Waals surface area contributed by atoms with E-state index >= 15 is 0 Å². The van der Waals surface area contributed by atoms with Gasteiger partial charge in [-0.15, -0.1) is 11.6 Å². The third-order valence-electron chi connectivity index (χ3n) is 6.57. The molecule has 0 saturated heterocycles. The van der Waals surface area contributed by atoms with Crippen LogP contribution in [0, 0.1) is 10.1 Å². The third-order valence-corrected chi connectivity index (χ3v) is 6.74. The quantitative estimate of drug-likeness (QED) is 0.0917. The molecule has 0 radical (unpaired) electrons. The van der Waals surface area contributed by atoms with Crippen LogP contribution in [0.3, 0.4) is 0 Å². The summed E-state index contributed by atoms with van der Waals surface area (Å²) in [6.45, 7) is 6.12. The molecule has 1 aromatic rings. The number of halogens is 1. The number of nitrogens with zero attached hydrogens (tertiary/aromatic N) is 2. The Morgan fingerprint density at radius 1 is 1.06 bits per heavy atom. The van der Waals surface area contributed by atoms with Gasteiger partial charge in [0.15, 0.2) is 0 Å². The topological polar surface area (TPSA) is 110 Å². The molecule has 0 saturated carbocycles. The summed E-state index contributed by atoms with van der Waals surface area (Å²) < 4.78 is 5.61. The Kier molecular flexibility index (Phi) is 11.9. The number of allylic oxidation sites excluding steroid dienone is 2. The number of unbranched alkanes of at least 4 members (excludes halogenated alkanes) is 7. The van der Waals surface area contributed by atoms with E-state index in [1.165, 1.54) is 43.9 Å². The number of carboxylic acid groups (broad SMARTS) is 1. The Morgan fingerprint density at radius 2 is 1.67 bits per heavy atom. The summed E-state index contributed by atoms with van der Waals surface area (Å²) >= 11 is 5.98. The van der Waals surface area contributed by atoms with E-state index in [2.05, 4.69) is 6.92 Å². The first kappa shape index (κ1) is 29.4. The number of hydrogen-bond donors (Lipinski definition) is 1. The van der Waals surface area contributed by atoms with Crippen LogP contribution in [0.1, 0.15) is 83.6 Å². The molecule has 1 N–H and O–H groups in total. The smallest absolute Gasteiger partial charge is 0.336 e. The highest BCUT2D eigenvalue weighted by Crippen LogP contribution is 2.43. The highest BCUT2D eigenvalue weighted by atomic mass is 35.5. The van der Waals surface area contributed by atoms with Crippen LogP contribution < -0.4 is 0 Å². The second-order valence-electron chi connectivity index (χ2n) is 9.04. The number of non-ortho nitro benzene ring substituents is 1. The molecule has 1 atom stereocenters. The molecule has 1 aromatic carbocycles. The number of hydrogen-bond acceptors (Lipinski definition) is 6. The largest absolute Gasteiger partial charge is 0.478 e. The first-order chi connectivity index (χ1) is 17.2. The Bertz CT molecular complexity index is 1000. The molecule has 0 bridgehead atoms. The van der Waals surface area contributed by atoms with Crippen molar-refractivity contribution in [2.45, 2.75) is 78.1 Å². The summed E-state index contributed by atoms with van der Waals surface area (Å²) in [6.07, 6.45) is 8.83. The first-order valence-electron chi connectivity index (χ1n) is 12.6. The van der Waals surface area contributed by atoms with Crippen LogP contribution in [-0.2, 0) is 14.3 Å². The fourth-order valence-corrected chi connectivity index (χ4v) is 4.87. The minimum absolute atomic E-state index is 0.0229. The molecule has 1 aliphatic rings. The van der Waals surface area contributed by atoms with Gasteiger partial charge < -0.3 is 14.7 Å². The van der Waals surface area contributed by atoms with E-state index < -0.39 is 22.8 Å². The zero-order valence-corrected chi connectivity index (χ0v) is 22.2. The summed E-state index contributed by atoms with van der Waals surface area (Å²) in [7, 11) is 0. The van der Waals surface area contributed by atoms with E-state index in [4.69, 9.17) is 16.3 Å². The number of rotatable bonds is 15. The molecule has 1 heterocycles. The number of carbonyl (C=O) groups excluding carboxylic acids is 1. The van der Waals surface area contributed by atoms with Crippen molar-refractivity contribution in [2.75, 3.05) is 19.0 Å². The number of carboxylic acids is 1. The van der Waals surface area contributed by atoms with Crippen LogP contribution in [0.25, 0.3) is 0 Å². The van der Waals surface area contributed by atoms with Gasteiger partial charge in [-0.25, -0.2) is 9.59 Å². The molecule has 0 aliphatic carbocycles. The minimum Gasteiger partial charge on any atom is -0.478 e. The van der Waals surface area contributed by atoms with Crippen molar-refractivity contribution in [1.29, 1.82) is 0 Å². The SMILES string of the molecule is CCCCCCCCCCOC(=O)C1=C(C)N(CCCl)C(C)=C(C(=O)O)C1c1cccc([N+](=O)[O-])c1. The van der Waals surface area contributed by atoms with E-state index in [0.29, 0.717) is 23.5 Å². The van der Waals surface area contributed by atoms with Crippen molar-refractivity contribution in [3.05, 3.63) is 62.5 Å². The number of nitro benzene ring substituents is 1. The average molecular weight is 521 g/mol. The van der Waals surface area contributed by atoms with Crippen LogP contribution in [-0.4, -0.2) is 45.9 Å². The average Bonchev–Trinajstić information content (AvgIpc) is 2.84. The minimum atomic E-state index is -1.20. The Balaban J connectivity index is 2.29. The van der Waals surface area contributed by atoms with Crippen LogP contribution in [0.2, 0.25) is 0 Å². The number of ether oxygens (including phenoxy) is 1. The van der Waals surface area contributed by atoms with E-state index in [0.717, 1.165) is 25.7 Å². The van der Waals surface area contributed by atoms with E-state index in [9.17, 15) is 24.8 Å². The standard InChI is InChI=1S/C27H37ClN2O6/c1-4-5-6-7-8-9-10-11-17-36-27(33)24-20(3)29(16-15-28)19(2)23(26(31)32)25(24)21-13-12-14-22(18-21)30(34)35/h12-14,18,25H,4-11,15-17H2,1-3H3,(H,31,32). The number of aliphatic carboxylic acids is 1. The van der Waals surface area contributed by atoms with Gasteiger partial charge in [0.1, 0.15) is 0 Å². The van der Waals surface area contributed by atoms with Crippen LogP contribution in [0.15, 0.2) is 46.8 Å². The molecule has 8 nitrogen and oxygen atoms in total. The zero-order chi connectivity index (χ0) is 26.7. The van der Waals surface area contributed by atoms with Crippen molar-refractivity contribution in [2.24, 2.45) is 0 Å². The van der Waals surface area contributed by atoms with Gasteiger partial charge in [0.25, 0.3) is 5.69 Å². The monoisotopic (exact) mass is 520 g/mol. The summed E-state index contributed by atoms with van der Waals surface area (Å²) in [5.74, 6) is -2.59. The molecular weight excluding hydrogens is 484 g/mol.